The van der Waals surface area contributed by atoms with Gasteiger partial charge in [-0.2, -0.15) is 0 Å². The van der Waals surface area contributed by atoms with Crippen LogP contribution in [0.2, 0.25) is 0 Å². The second-order valence-corrected chi connectivity index (χ2v) is 6.22. The molecule has 0 bridgehead atoms. The molecule has 0 spiro atoms. The van der Waals surface area contributed by atoms with Gasteiger partial charge in [0, 0.05) is 26.4 Å². The van der Waals surface area contributed by atoms with Crippen LogP contribution in [0.3, 0.4) is 0 Å². The summed E-state index contributed by atoms with van der Waals surface area (Å²) in [5.74, 6) is 0.846. The zero-order valence-corrected chi connectivity index (χ0v) is 12.8. The van der Waals surface area contributed by atoms with E-state index in [1.165, 1.54) is 4.90 Å². The molecule has 110 valence electrons. The van der Waals surface area contributed by atoms with Crippen LogP contribution in [0.4, 0.5) is 0 Å². The van der Waals surface area contributed by atoms with Crippen LogP contribution in [-0.4, -0.2) is 41.6 Å². The summed E-state index contributed by atoms with van der Waals surface area (Å²) in [7, 11) is 3.39. The summed E-state index contributed by atoms with van der Waals surface area (Å²) in [5, 5.41) is 0. The average Bonchev–Trinajstić information content (AvgIpc) is 3.12. The lowest BCUT2D eigenvalue weighted by molar-refractivity contribution is 0.0796. The quantitative estimate of drug-likeness (QED) is 0.849. The highest BCUT2D eigenvalue weighted by Gasteiger charge is 2.29. The fraction of sp³-hybridized carbons (Fsp3) is 0.600. The molecule has 1 aromatic rings. The van der Waals surface area contributed by atoms with Gasteiger partial charge in [0.2, 0.25) is 0 Å². The van der Waals surface area contributed by atoms with Gasteiger partial charge in [-0.25, -0.2) is 4.98 Å². The Kier molecular flexibility index (Phi) is 3.88. The molecule has 20 heavy (non-hydrogen) atoms. The molecule has 1 aliphatic rings. The summed E-state index contributed by atoms with van der Waals surface area (Å²) < 4.78 is 11.8. The van der Waals surface area contributed by atoms with Gasteiger partial charge in [0.15, 0.2) is 17.2 Å². The maximum Gasteiger partial charge on any atom is 0.275 e. The lowest BCUT2D eigenvalue weighted by atomic mass is 10.2. The van der Waals surface area contributed by atoms with Crippen LogP contribution >= 0.6 is 0 Å². The van der Waals surface area contributed by atoms with Gasteiger partial charge in [0.25, 0.3) is 5.91 Å². The van der Waals surface area contributed by atoms with Gasteiger partial charge in [0.1, 0.15) is 5.60 Å². The lowest BCUT2D eigenvalue weighted by Crippen LogP contribution is -2.28. The molecule has 1 saturated carbocycles. The molecular weight excluding hydrogens is 256 g/mol. The first-order valence-electron chi connectivity index (χ1n) is 6.84. The molecule has 0 radical (unpaired) electrons. The van der Waals surface area contributed by atoms with E-state index in [2.05, 4.69) is 4.98 Å². The van der Waals surface area contributed by atoms with Crippen molar-refractivity contribution >= 4 is 5.91 Å². The number of hydrogen-bond donors (Lipinski definition) is 0. The van der Waals surface area contributed by atoms with Crippen molar-refractivity contribution < 1.29 is 14.3 Å². The van der Waals surface area contributed by atoms with Gasteiger partial charge < -0.3 is 14.4 Å². The zero-order chi connectivity index (χ0) is 14.9. The number of ether oxygens (including phenoxy) is 2. The van der Waals surface area contributed by atoms with E-state index in [0.717, 1.165) is 12.8 Å². The number of pyridine rings is 1. The second-order valence-electron chi connectivity index (χ2n) is 6.22. The van der Waals surface area contributed by atoms with Gasteiger partial charge in [-0.15, -0.1) is 0 Å². The third-order valence-corrected chi connectivity index (χ3v) is 2.70. The van der Waals surface area contributed by atoms with Gasteiger partial charge in [0.05, 0.1) is 6.10 Å². The summed E-state index contributed by atoms with van der Waals surface area (Å²) in [5.41, 5.74) is -0.130. The van der Waals surface area contributed by atoms with E-state index in [1.807, 2.05) is 20.8 Å². The van der Waals surface area contributed by atoms with Gasteiger partial charge in [-0.05, 0) is 33.6 Å². The van der Waals surface area contributed by atoms with Crippen molar-refractivity contribution in [2.24, 2.45) is 0 Å². The molecule has 5 heteroatoms. The lowest BCUT2D eigenvalue weighted by Gasteiger charge is -2.25. The fourth-order valence-corrected chi connectivity index (χ4v) is 1.66. The standard InChI is InChI=1S/C15H22N2O3/c1-15(2,3)20-13-11(19-10-6-7-10)8-9-16-12(13)14(18)17(4)5/h8-10H,6-7H2,1-5H3. The molecule has 1 amide bonds. The molecule has 0 aliphatic heterocycles. The predicted molar refractivity (Wildman–Crippen MR) is 76.3 cm³/mol. The van der Waals surface area contributed by atoms with Crippen molar-refractivity contribution in [3.05, 3.63) is 18.0 Å². The minimum atomic E-state index is -0.425. The molecule has 0 saturated heterocycles. The van der Waals surface area contributed by atoms with E-state index in [0.29, 0.717) is 17.2 Å². The monoisotopic (exact) mass is 278 g/mol. The Labute approximate surface area is 119 Å². The van der Waals surface area contributed by atoms with E-state index in [9.17, 15) is 4.79 Å². The minimum absolute atomic E-state index is 0.189. The molecule has 2 rings (SSSR count). The number of nitrogens with zero attached hydrogens (tertiary/aromatic N) is 2. The summed E-state index contributed by atoms with van der Waals surface area (Å²) in [4.78, 5) is 17.9. The second kappa shape index (κ2) is 5.31. The highest BCUT2D eigenvalue weighted by atomic mass is 16.5. The Bertz CT molecular complexity index is 502. The molecule has 0 atom stereocenters. The smallest absolute Gasteiger partial charge is 0.275 e. The number of amides is 1. The first-order chi connectivity index (χ1) is 9.28. The maximum absolute atomic E-state index is 12.2. The van der Waals surface area contributed by atoms with Gasteiger partial charge in [-0.1, -0.05) is 0 Å². The van der Waals surface area contributed by atoms with Crippen molar-refractivity contribution in [3.8, 4) is 11.5 Å². The van der Waals surface area contributed by atoms with E-state index < -0.39 is 5.60 Å². The molecule has 0 aromatic carbocycles. The van der Waals surface area contributed by atoms with Gasteiger partial charge in [-0.3, -0.25) is 4.79 Å². The van der Waals surface area contributed by atoms with Crippen LogP contribution in [0.15, 0.2) is 12.3 Å². The minimum Gasteiger partial charge on any atom is -0.486 e. The van der Waals surface area contributed by atoms with Crippen molar-refractivity contribution in [3.63, 3.8) is 0 Å². The topological polar surface area (TPSA) is 51.7 Å². The number of aromatic nitrogens is 1. The van der Waals surface area contributed by atoms with E-state index >= 15 is 0 Å². The van der Waals surface area contributed by atoms with Gasteiger partial charge >= 0.3 is 0 Å². The highest BCUT2D eigenvalue weighted by molar-refractivity contribution is 5.95. The average molecular weight is 278 g/mol. The molecule has 1 fully saturated rings. The van der Waals surface area contributed by atoms with Crippen molar-refractivity contribution in [2.75, 3.05) is 14.1 Å². The van der Waals surface area contributed by atoms with E-state index in [4.69, 9.17) is 9.47 Å². The number of rotatable bonds is 4. The Morgan fingerprint density at radius 1 is 1.35 bits per heavy atom. The SMILES string of the molecule is CN(C)C(=O)c1nccc(OC2CC2)c1OC(C)(C)C. The Balaban J connectivity index is 2.40. The van der Waals surface area contributed by atoms with Crippen LogP contribution in [-0.2, 0) is 0 Å². The Morgan fingerprint density at radius 2 is 2.00 bits per heavy atom. The summed E-state index contributed by atoms with van der Waals surface area (Å²) in [6.07, 6.45) is 3.92. The molecule has 5 nitrogen and oxygen atoms in total. The van der Waals surface area contributed by atoms with Crippen LogP contribution in [0.5, 0.6) is 11.5 Å². The van der Waals surface area contributed by atoms with Crippen LogP contribution < -0.4 is 9.47 Å². The third kappa shape index (κ3) is 3.62. The highest BCUT2D eigenvalue weighted by Crippen LogP contribution is 2.37. The number of hydrogen-bond acceptors (Lipinski definition) is 4. The van der Waals surface area contributed by atoms with E-state index in [-0.39, 0.29) is 12.0 Å². The van der Waals surface area contributed by atoms with Crippen LogP contribution in [0.1, 0.15) is 44.1 Å². The first kappa shape index (κ1) is 14.6. The van der Waals surface area contributed by atoms with E-state index in [1.54, 1.807) is 26.4 Å². The van der Waals surface area contributed by atoms with Crippen LogP contribution in [0.25, 0.3) is 0 Å². The Hall–Kier alpha value is -1.78. The number of carbonyl (C=O) groups is 1. The normalized spacial score (nSPS) is 14.8. The third-order valence-electron chi connectivity index (χ3n) is 2.70. The van der Waals surface area contributed by atoms with Crippen molar-refractivity contribution in [1.29, 1.82) is 0 Å². The first-order valence-corrected chi connectivity index (χ1v) is 6.84. The maximum atomic E-state index is 12.2. The molecular formula is C15H22N2O3. The fourth-order valence-electron chi connectivity index (χ4n) is 1.66. The van der Waals surface area contributed by atoms with Crippen LogP contribution in [0, 0.1) is 0 Å². The van der Waals surface area contributed by atoms with Crippen molar-refractivity contribution in [2.45, 2.75) is 45.3 Å². The molecule has 1 aromatic heterocycles. The Morgan fingerprint density at radius 3 is 2.50 bits per heavy atom. The predicted octanol–water partition coefficient (Wildman–Crippen LogP) is 2.50. The summed E-state index contributed by atoms with van der Waals surface area (Å²) in [6, 6.07) is 1.76. The molecule has 0 unspecified atom stereocenters. The largest absolute Gasteiger partial charge is 0.486 e. The zero-order valence-electron chi connectivity index (χ0n) is 12.8. The number of carbonyl (C=O) groups excluding carboxylic acids is 1. The summed E-state index contributed by atoms with van der Waals surface area (Å²) in [6.45, 7) is 5.81. The molecule has 1 aliphatic carbocycles. The molecule has 1 heterocycles. The molecule has 0 N–H and O–H groups in total. The van der Waals surface area contributed by atoms with Crippen molar-refractivity contribution in [1.82, 2.24) is 9.88 Å². The summed E-state index contributed by atoms with van der Waals surface area (Å²) >= 11 is 0.